The van der Waals surface area contributed by atoms with E-state index in [2.05, 4.69) is 16.4 Å². The van der Waals surface area contributed by atoms with Crippen LogP contribution in [0, 0.1) is 0 Å². The first-order valence-corrected chi connectivity index (χ1v) is 9.86. The van der Waals surface area contributed by atoms with Gasteiger partial charge in [-0.25, -0.2) is 4.98 Å². The number of hydrogen-bond donors (Lipinski definition) is 1. The number of aromatic nitrogens is 1. The topological polar surface area (TPSA) is 60.5 Å². The van der Waals surface area contributed by atoms with Crippen LogP contribution in [-0.2, 0) is 11.2 Å². The van der Waals surface area contributed by atoms with E-state index >= 15 is 0 Å². The van der Waals surface area contributed by atoms with Crippen LogP contribution in [0.2, 0.25) is 5.02 Å². The van der Waals surface area contributed by atoms with Crippen LogP contribution in [0.25, 0.3) is 10.2 Å². The number of anilines is 1. The second kappa shape index (κ2) is 9.06. The molecule has 0 bridgehead atoms. The summed E-state index contributed by atoms with van der Waals surface area (Å²) in [5.41, 5.74) is 1.56. The number of methoxy groups -OCH3 is 2. The van der Waals surface area contributed by atoms with E-state index in [1.165, 1.54) is 11.8 Å². The fraction of sp³-hybridized carbons (Fsp3) is 0.300. The SMILES string of the molecule is COc1cc(Cl)c(NC(=O)CCCCc2nc3ccccc3s2)cc1OC. The third-order valence-electron chi connectivity index (χ3n) is 4.13. The van der Waals surface area contributed by atoms with Crippen molar-refractivity contribution in [3.05, 3.63) is 46.4 Å². The number of carbonyl (C=O) groups excluding carboxylic acids is 1. The largest absolute Gasteiger partial charge is 0.493 e. The zero-order valence-corrected chi connectivity index (χ0v) is 16.8. The molecule has 7 heteroatoms. The summed E-state index contributed by atoms with van der Waals surface area (Å²) in [4.78, 5) is 16.8. The van der Waals surface area contributed by atoms with Gasteiger partial charge < -0.3 is 14.8 Å². The molecule has 3 rings (SSSR count). The predicted octanol–water partition coefficient (Wildman–Crippen LogP) is 5.32. The van der Waals surface area contributed by atoms with Crippen LogP contribution in [0.1, 0.15) is 24.3 Å². The van der Waals surface area contributed by atoms with E-state index < -0.39 is 0 Å². The van der Waals surface area contributed by atoms with Gasteiger partial charge >= 0.3 is 0 Å². The lowest BCUT2D eigenvalue weighted by Gasteiger charge is -2.12. The summed E-state index contributed by atoms with van der Waals surface area (Å²) in [5, 5.41) is 4.36. The summed E-state index contributed by atoms with van der Waals surface area (Å²) >= 11 is 7.92. The van der Waals surface area contributed by atoms with Gasteiger partial charge in [0.2, 0.25) is 5.91 Å². The third kappa shape index (κ3) is 4.90. The van der Waals surface area contributed by atoms with Crippen molar-refractivity contribution >= 4 is 44.7 Å². The molecule has 0 unspecified atom stereocenters. The number of fused-ring (bicyclic) bond motifs is 1. The molecule has 0 saturated heterocycles. The molecule has 2 aromatic carbocycles. The van der Waals surface area contributed by atoms with Gasteiger partial charge in [-0.3, -0.25) is 4.79 Å². The van der Waals surface area contributed by atoms with Crippen LogP contribution in [-0.4, -0.2) is 25.1 Å². The number of rotatable bonds is 8. The summed E-state index contributed by atoms with van der Waals surface area (Å²) in [6.45, 7) is 0. The lowest BCUT2D eigenvalue weighted by Crippen LogP contribution is -2.11. The standard InChI is InChI=1S/C20H21ClN2O3S/c1-25-16-11-13(21)15(12-17(16)26-2)22-19(24)9-5-6-10-20-23-14-7-3-4-8-18(14)27-20/h3-4,7-8,11-12H,5-6,9-10H2,1-2H3,(H,22,24). The van der Waals surface area contributed by atoms with Crippen LogP contribution in [0.3, 0.4) is 0 Å². The number of para-hydroxylation sites is 1. The van der Waals surface area contributed by atoms with Crippen LogP contribution >= 0.6 is 22.9 Å². The lowest BCUT2D eigenvalue weighted by atomic mass is 10.2. The number of nitrogens with zero attached hydrogens (tertiary/aromatic N) is 1. The third-order valence-corrected chi connectivity index (χ3v) is 5.54. The number of nitrogens with one attached hydrogen (secondary N) is 1. The Morgan fingerprint density at radius 1 is 1.15 bits per heavy atom. The number of unbranched alkanes of at least 4 members (excludes halogenated alkanes) is 1. The normalized spacial score (nSPS) is 10.8. The molecule has 0 saturated carbocycles. The summed E-state index contributed by atoms with van der Waals surface area (Å²) in [6.07, 6.45) is 3.00. The van der Waals surface area contributed by atoms with Gasteiger partial charge in [0.1, 0.15) is 0 Å². The molecule has 142 valence electrons. The van der Waals surface area contributed by atoms with Crippen molar-refractivity contribution in [1.29, 1.82) is 0 Å². The number of benzene rings is 2. The van der Waals surface area contributed by atoms with Gasteiger partial charge in [0, 0.05) is 18.6 Å². The van der Waals surface area contributed by atoms with E-state index in [1.54, 1.807) is 30.6 Å². The summed E-state index contributed by atoms with van der Waals surface area (Å²) < 4.78 is 11.6. The minimum atomic E-state index is -0.0755. The second-order valence-electron chi connectivity index (χ2n) is 6.02. The van der Waals surface area contributed by atoms with Crippen molar-refractivity contribution in [1.82, 2.24) is 4.98 Å². The number of carbonyl (C=O) groups is 1. The molecular weight excluding hydrogens is 384 g/mol. The Hall–Kier alpha value is -2.31. The Morgan fingerprint density at radius 2 is 1.89 bits per heavy atom. The zero-order chi connectivity index (χ0) is 19.2. The van der Waals surface area contributed by atoms with Crippen molar-refractivity contribution < 1.29 is 14.3 Å². The Morgan fingerprint density at radius 3 is 2.63 bits per heavy atom. The van der Waals surface area contributed by atoms with Crippen molar-refractivity contribution in [2.24, 2.45) is 0 Å². The highest BCUT2D eigenvalue weighted by atomic mass is 35.5. The number of halogens is 1. The molecule has 0 aliphatic heterocycles. The Bertz CT molecular complexity index is 909. The number of hydrogen-bond acceptors (Lipinski definition) is 5. The van der Waals surface area contributed by atoms with Gasteiger partial charge in [-0.15, -0.1) is 11.3 Å². The first-order valence-electron chi connectivity index (χ1n) is 8.66. The highest BCUT2D eigenvalue weighted by Crippen LogP contribution is 2.36. The van der Waals surface area contributed by atoms with Gasteiger partial charge in [0.05, 0.1) is 40.2 Å². The van der Waals surface area contributed by atoms with E-state index in [1.807, 2.05) is 18.2 Å². The minimum absolute atomic E-state index is 0.0755. The average molecular weight is 405 g/mol. The Labute approximate surface area is 167 Å². The first-order chi connectivity index (χ1) is 13.1. The van der Waals surface area contributed by atoms with E-state index in [-0.39, 0.29) is 5.91 Å². The molecule has 0 fully saturated rings. The van der Waals surface area contributed by atoms with Gasteiger partial charge in [-0.05, 0) is 31.4 Å². The molecule has 0 radical (unpaired) electrons. The summed E-state index contributed by atoms with van der Waals surface area (Å²) in [7, 11) is 3.08. The van der Waals surface area contributed by atoms with E-state index in [4.69, 9.17) is 21.1 Å². The van der Waals surface area contributed by atoms with Crippen molar-refractivity contribution in [3.8, 4) is 11.5 Å². The van der Waals surface area contributed by atoms with Crippen LogP contribution < -0.4 is 14.8 Å². The monoisotopic (exact) mass is 404 g/mol. The predicted molar refractivity (Wildman–Crippen MR) is 110 cm³/mol. The fourth-order valence-corrected chi connectivity index (χ4v) is 3.96. The van der Waals surface area contributed by atoms with Gasteiger partial charge in [0.25, 0.3) is 0 Å². The maximum Gasteiger partial charge on any atom is 0.224 e. The van der Waals surface area contributed by atoms with Crippen LogP contribution in [0.15, 0.2) is 36.4 Å². The van der Waals surface area contributed by atoms with E-state index in [0.29, 0.717) is 28.6 Å². The smallest absolute Gasteiger partial charge is 0.224 e. The van der Waals surface area contributed by atoms with Gasteiger partial charge in [-0.1, -0.05) is 23.7 Å². The average Bonchev–Trinajstić information content (AvgIpc) is 3.09. The molecule has 1 heterocycles. The maximum atomic E-state index is 12.2. The number of ether oxygens (including phenoxy) is 2. The number of aryl methyl sites for hydroxylation is 1. The molecule has 3 aromatic rings. The minimum Gasteiger partial charge on any atom is -0.493 e. The molecule has 5 nitrogen and oxygen atoms in total. The number of amides is 1. The van der Waals surface area contributed by atoms with Crippen LogP contribution in [0.4, 0.5) is 5.69 Å². The van der Waals surface area contributed by atoms with Crippen molar-refractivity contribution in [2.75, 3.05) is 19.5 Å². The zero-order valence-electron chi connectivity index (χ0n) is 15.3. The van der Waals surface area contributed by atoms with Crippen LogP contribution in [0.5, 0.6) is 11.5 Å². The second-order valence-corrected chi connectivity index (χ2v) is 7.54. The molecule has 1 N–H and O–H groups in total. The molecule has 0 spiro atoms. The molecule has 0 atom stereocenters. The molecule has 1 amide bonds. The highest BCUT2D eigenvalue weighted by molar-refractivity contribution is 7.18. The highest BCUT2D eigenvalue weighted by Gasteiger charge is 2.12. The molecule has 0 aliphatic carbocycles. The summed E-state index contributed by atoms with van der Waals surface area (Å²) in [6, 6.07) is 11.4. The maximum absolute atomic E-state index is 12.2. The fourth-order valence-electron chi connectivity index (χ4n) is 2.75. The lowest BCUT2D eigenvalue weighted by molar-refractivity contribution is -0.116. The molecular formula is C20H21ClN2O3S. The first kappa shape index (κ1) is 19.5. The van der Waals surface area contributed by atoms with Crippen molar-refractivity contribution in [3.63, 3.8) is 0 Å². The number of thiazole rings is 1. The van der Waals surface area contributed by atoms with E-state index in [9.17, 15) is 4.79 Å². The molecule has 27 heavy (non-hydrogen) atoms. The van der Waals surface area contributed by atoms with E-state index in [0.717, 1.165) is 29.8 Å². The molecule has 0 aliphatic rings. The van der Waals surface area contributed by atoms with Gasteiger partial charge in [-0.2, -0.15) is 0 Å². The quantitative estimate of drug-likeness (QED) is 0.516. The Kier molecular flexibility index (Phi) is 6.53. The van der Waals surface area contributed by atoms with Crippen molar-refractivity contribution in [2.45, 2.75) is 25.7 Å². The molecule has 1 aromatic heterocycles. The van der Waals surface area contributed by atoms with Gasteiger partial charge in [0.15, 0.2) is 11.5 Å². The summed E-state index contributed by atoms with van der Waals surface area (Å²) in [5.74, 6) is 0.970. The Balaban J connectivity index is 1.49.